The number of fused-ring (bicyclic) bond motifs is 1. The molecular formula is C8H7BrO4. The summed E-state index contributed by atoms with van der Waals surface area (Å²) in [5, 5.41) is 18.5. The van der Waals surface area contributed by atoms with Crippen molar-refractivity contribution in [3.05, 3.63) is 22.1 Å². The van der Waals surface area contributed by atoms with E-state index in [0.29, 0.717) is 11.1 Å². The van der Waals surface area contributed by atoms with Gasteiger partial charge in [0, 0.05) is 0 Å². The van der Waals surface area contributed by atoms with E-state index < -0.39 is 11.6 Å². The van der Waals surface area contributed by atoms with E-state index in [1.807, 2.05) is 0 Å². The van der Waals surface area contributed by atoms with E-state index in [1.165, 1.54) is 0 Å². The van der Waals surface area contributed by atoms with Crippen molar-refractivity contribution in [2.45, 2.75) is 18.4 Å². The van der Waals surface area contributed by atoms with Gasteiger partial charge < -0.3 is 14.6 Å². The molecule has 1 atom stereocenters. The molecule has 1 aliphatic carbocycles. The Morgan fingerprint density at radius 2 is 2.38 bits per heavy atom. The fourth-order valence-corrected chi connectivity index (χ4v) is 2.00. The fourth-order valence-electron chi connectivity index (χ4n) is 1.56. The van der Waals surface area contributed by atoms with E-state index in [-0.39, 0.29) is 12.2 Å². The molecule has 1 heterocycles. The lowest BCUT2D eigenvalue weighted by atomic mass is 10.0. The molecule has 13 heavy (non-hydrogen) atoms. The van der Waals surface area contributed by atoms with Crippen LogP contribution in [-0.4, -0.2) is 16.2 Å². The predicted octanol–water partition coefficient (Wildman–Crippen LogP) is 1.26. The monoisotopic (exact) mass is 246 g/mol. The average molecular weight is 247 g/mol. The predicted molar refractivity (Wildman–Crippen MR) is 46.3 cm³/mol. The van der Waals surface area contributed by atoms with Crippen molar-refractivity contribution in [2.75, 3.05) is 0 Å². The van der Waals surface area contributed by atoms with Gasteiger partial charge in [-0.05, 0) is 40.4 Å². The highest BCUT2D eigenvalue weighted by Crippen LogP contribution is 2.40. The van der Waals surface area contributed by atoms with Crippen LogP contribution in [0.1, 0.15) is 17.7 Å². The minimum atomic E-state index is -1.83. The molecule has 1 aromatic heterocycles. The molecular weight excluding hydrogens is 240 g/mol. The lowest BCUT2D eigenvalue weighted by molar-refractivity contribution is -0.161. The third-order valence-electron chi connectivity index (χ3n) is 2.26. The van der Waals surface area contributed by atoms with Gasteiger partial charge in [0.05, 0.1) is 0 Å². The molecule has 0 saturated carbocycles. The Hall–Kier alpha value is -0.810. The van der Waals surface area contributed by atoms with Crippen molar-refractivity contribution in [3.8, 4) is 0 Å². The Bertz CT molecular complexity index is 370. The molecule has 0 aromatic carbocycles. The molecule has 4 nitrogen and oxygen atoms in total. The third-order valence-corrected chi connectivity index (χ3v) is 2.66. The number of carbonyl (C=O) groups is 1. The second-order valence-corrected chi connectivity index (χ2v) is 3.85. The molecule has 1 aromatic rings. The van der Waals surface area contributed by atoms with Gasteiger partial charge >= 0.3 is 5.97 Å². The van der Waals surface area contributed by atoms with Crippen molar-refractivity contribution in [3.63, 3.8) is 0 Å². The Kier molecular flexibility index (Phi) is 1.75. The molecule has 0 bridgehead atoms. The van der Waals surface area contributed by atoms with Crippen LogP contribution in [0.15, 0.2) is 15.2 Å². The molecule has 0 aliphatic heterocycles. The summed E-state index contributed by atoms with van der Waals surface area (Å²) in [6.45, 7) is 0. The van der Waals surface area contributed by atoms with E-state index in [1.54, 1.807) is 6.07 Å². The van der Waals surface area contributed by atoms with Gasteiger partial charge in [-0.2, -0.15) is 0 Å². The minimum Gasteiger partial charge on any atom is -0.479 e. The second-order valence-electron chi connectivity index (χ2n) is 3.07. The lowest BCUT2D eigenvalue weighted by Gasteiger charge is -2.14. The summed E-state index contributed by atoms with van der Waals surface area (Å²) in [6, 6.07) is 1.69. The summed E-state index contributed by atoms with van der Waals surface area (Å²) in [5.41, 5.74) is -1.07. The van der Waals surface area contributed by atoms with Gasteiger partial charge in [-0.15, -0.1) is 0 Å². The number of furan rings is 1. The molecule has 5 heteroatoms. The molecule has 70 valence electrons. The Balaban J connectivity index is 2.53. The van der Waals surface area contributed by atoms with Crippen molar-refractivity contribution >= 4 is 21.9 Å². The van der Waals surface area contributed by atoms with E-state index in [0.717, 1.165) is 5.56 Å². The number of halogens is 1. The van der Waals surface area contributed by atoms with Crippen LogP contribution in [0.5, 0.6) is 0 Å². The van der Waals surface area contributed by atoms with Gasteiger partial charge in [-0.3, -0.25) is 0 Å². The van der Waals surface area contributed by atoms with Gasteiger partial charge in [0.25, 0.3) is 0 Å². The maximum atomic E-state index is 10.8. The highest BCUT2D eigenvalue weighted by molar-refractivity contribution is 9.10. The van der Waals surface area contributed by atoms with Crippen LogP contribution in [0.3, 0.4) is 0 Å². The number of rotatable bonds is 1. The number of carboxylic acid groups (broad SMARTS) is 1. The average Bonchev–Trinajstić information content (AvgIpc) is 2.53. The third kappa shape index (κ3) is 1.11. The summed E-state index contributed by atoms with van der Waals surface area (Å²) in [6.07, 6.45) is 0.719. The molecule has 0 saturated heterocycles. The molecule has 0 spiro atoms. The molecule has 0 radical (unpaired) electrons. The Labute approximate surface area is 82.3 Å². The summed E-state index contributed by atoms with van der Waals surface area (Å²) < 4.78 is 5.54. The first-order valence-electron chi connectivity index (χ1n) is 3.78. The van der Waals surface area contributed by atoms with Crippen LogP contribution in [-0.2, 0) is 16.8 Å². The standard InChI is InChI=1S/C8H7BrO4/c9-5-3-4-1-2-8(12,7(10)11)6(4)13-5/h3,12H,1-2H2,(H,10,11). The summed E-state index contributed by atoms with van der Waals surface area (Å²) >= 11 is 3.09. The minimum absolute atomic E-state index is 0.159. The fraction of sp³-hybridized carbons (Fsp3) is 0.375. The number of hydrogen-bond donors (Lipinski definition) is 2. The lowest BCUT2D eigenvalue weighted by Crippen LogP contribution is -2.32. The first kappa shape index (κ1) is 8.77. The summed E-state index contributed by atoms with van der Waals surface area (Å²) in [5.74, 6) is -1.10. The van der Waals surface area contributed by atoms with Crippen molar-refractivity contribution in [1.29, 1.82) is 0 Å². The molecule has 1 unspecified atom stereocenters. The van der Waals surface area contributed by atoms with Crippen molar-refractivity contribution in [1.82, 2.24) is 0 Å². The molecule has 0 amide bonds. The van der Waals surface area contributed by atoms with E-state index in [9.17, 15) is 9.90 Å². The van der Waals surface area contributed by atoms with Crippen LogP contribution in [0.4, 0.5) is 0 Å². The first-order chi connectivity index (χ1) is 6.04. The Morgan fingerprint density at radius 1 is 1.69 bits per heavy atom. The van der Waals surface area contributed by atoms with Gasteiger partial charge in [-0.1, -0.05) is 0 Å². The smallest absolute Gasteiger partial charge is 0.343 e. The Morgan fingerprint density at radius 3 is 3.00 bits per heavy atom. The van der Waals surface area contributed by atoms with Gasteiger partial charge in [0.15, 0.2) is 10.4 Å². The topological polar surface area (TPSA) is 70.7 Å². The highest BCUT2D eigenvalue weighted by atomic mass is 79.9. The zero-order valence-electron chi connectivity index (χ0n) is 6.58. The zero-order chi connectivity index (χ0) is 9.64. The number of aliphatic hydroxyl groups is 1. The molecule has 2 N–H and O–H groups in total. The maximum absolute atomic E-state index is 10.8. The van der Waals surface area contributed by atoms with Crippen LogP contribution in [0.2, 0.25) is 0 Å². The molecule has 0 fully saturated rings. The van der Waals surface area contributed by atoms with Crippen LogP contribution >= 0.6 is 15.9 Å². The highest BCUT2D eigenvalue weighted by Gasteiger charge is 2.47. The SMILES string of the molecule is O=C(O)C1(O)CCc2cc(Br)oc21. The number of aliphatic carboxylic acids is 1. The first-order valence-corrected chi connectivity index (χ1v) is 4.58. The number of carboxylic acids is 1. The summed E-state index contributed by atoms with van der Waals surface area (Å²) in [7, 11) is 0. The maximum Gasteiger partial charge on any atom is 0.343 e. The number of aryl methyl sites for hydroxylation is 1. The van der Waals surface area contributed by atoms with Gasteiger partial charge in [-0.25, -0.2) is 4.79 Å². The quantitative estimate of drug-likeness (QED) is 0.783. The van der Waals surface area contributed by atoms with Crippen LogP contribution in [0, 0.1) is 0 Å². The van der Waals surface area contributed by atoms with E-state index in [4.69, 9.17) is 9.52 Å². The van der Waals surface area contributed by atoms with Crippen molar-refractivity contribution < 1.29 is 19.4 Å². The molecule has 1 aliphatic rings. The second kappa shape index (κ2) is 2.59. The van der Waals surface area contributed by atoms with Gasteiger partial charge in [0.2, 0.25) is 5.60 Å². The summed E-state index contributed by atoms with van der Waals surface area (Å²) in [4.78, 5) is 10.8. The number of hydrogen-bond acceptors (Lipinski definition) is 3. The van der Waals surface area contributed by atoms with E-state index >= 15 is 0 Å². The van der Waals surface area contributed by atoms with E-state index in [2.05, 4.69) is 15.9 Å². The zero-order valence-corrected chi connectivity index (χ0v) is 8.17. The molecule has 2 rings (SSSR count). The van der Waals surface area contributed by atoms with Gasteiger partial charge in [0.1, 0.15) is 0 Å². The normalized spacial score (nSPS) is 26.0. The van der Waals surface area contributed by atoms with Crippen LogP contribution < -0.4 is 0 Å². The van der Waals surface area contributed by atoms with Crippen molar-refractivity contribution in [2.24, 2.45) is 0 Å². The van der Waals surface area contributed by atoms with Crippen LogP contribution in [0.25, 0.3) is 0 Å². The largest absolute Gasteiger partial charge is 0.479 e.